The lowest BCUT2D eigenvalue weighted by atomic mass is 10.1. The van der Waals surface area contributed by atoms with Crippen molar-refractivity contribution >= 4 is 22.8 Å². The standard InChI is InChI=1S/C20H18N6O2/c21-18-17-15(8-16(28-17)19(27)22-9-12-6-7-12)24-20(25-18)26-11-14(10-23-26)13-4-2-1-3-5-13/h1-5,8,10-12H,6-7,9H2,(H,22,27)(H2,21,24,25). The van der Waals surface area contributed by atoms with Crippen LogP contribution in [0.4, 0.5) is 5.82 Å². The monoisotopic (exact) mass is 374 g/mol. The second-order valence-electron chi connectivity index (χ2n) is 6.93. The molecule has 1 aliphatic carbocycles. The lowest BCUT2D eigenvalue weighted by molar-refractivity contribution is 0.0926. The van der Waals surface area contributed by atoms with Crippen molar-refractivity contribution in [2.24, 2.45) is 5.92 Å². The van der Waals surface area contributed by atoms with E-state index >= 15 is 0 Å². The van der Waals surface area contributed by atoms with E-state index in [9.17, 15) is 4.79 Å². The number of hydrogen-bond acceptors (Lipinski definition) is 6. The minimum absolute atomic E-state index is 0.165. The number of amides is 1. The molecule has 140 valence electrons. The number of nitrogens with one attached hydrogen (secondary N) is 1. The predicted octanol–water partition coefficient (Wildman–Crippen LogP) is 2.80. The second-order valence-corrected chi connectivity index (χ2v) is 6.93. The summed E-state index contributed by atoms with van der Waals surface area (Å²) >= 11 is 0. The highest BCUT2D eigenvalue weighted by Crippen LogP contribution is 2.28. The van der Waals surface area contributed by atoms with E-state index in [1.54, 1.807) is 16.9 Å². The zero-order valence-electron chi connectivity index (χ0n) is 15.0. The van der Waals surface area contributed by atoms with Crippen LogP contribution in [0.5, 0.6) is 0 Å². The van der Waals surface area contributed by atoms with Crippen molar-refractivity contribution in [2.75, 3.05) is 12.3 Å². The van der Waals surface area contributed by atoms with Crippen molar-refractivity contribution < 1.29 is 9.21 Å². The fourth-order valence-corrected chi connectivity index (χ4v) is 3.01. The van der Waals surface area contributed by atoms with Crippen molar-refractivity contribution in [1.29, 1.82) is 0 Å². The summed E-state index contributed by atoms with van der Waals surface area (Å²) in [6.07, 6.45) is 5.90. The van der Waals surface area contributed by atoms with E-state index in [2.05, 4.69) is 20.4 Å². The van der Waals surface area contributed by atoms with Crippen LogP contribution in [-0.4, -0.2) is 32.2 Å². The molecule has 3 N–H and O–H groups in total. The quantitative estimate of drug-likeness (QED) is 0.555. The largest absolute Gasteiger partial charge is 0.445 e. The molecule has 1 amide bonds. The van der Waals surface area contributed by atoms with Gasteiger partial charge in [0.2, 0.25) is 0 Å². The van der Waals surface area contributed by atoms with Gasteiger partial charge >= 0.3 is 0 Å². The van der Waals surface area contributed by atoms with Gasteiger partial charge in [0.25, 0.3) is 11.9 Å². The SMILES string of the molecule is Nc1nc(-n2cc(-c3ccccc3)cn2)nc2cc(C(=O)NCC3CC3)oc12. The number of nitrogens with zero attached hydrogens (tertiary/aromatic N) is 4. The van der Waals surface area contributed by atoms with Crippen molar-refractivity contribution in [3.8, 4) is 17.1 Å². The highest BCUT2D eigenvalue weighted by atomic mass is 16.3. The molecule has 1 saturated carbocycles. The Morgan fingerprint density at radius 2 is 2.04 bits per heavy atom. The molecule has 0 radical (unpaired) electrons. The Balaban J connectivity index is 1.45. The molecule has 0 spiro atoms. The third-order valence-corrected chi connectivity index (χ3v) is 4.75. The topological polar surface area (TPSA) is 112 Å². The maximum Gasteiger partial charge on any atom is 0.287 e. The summed E-state index contributed by atoms with van der Waals surface area (Å²) < 4.78 is 7.14. The van der Waals surface area contributed by atoms with Gasteiger partial charge in [-0.15, -0.1) is 0 Å². The van der Waals surface area contributed by atoms with E-state index < -0.39 is 0 Å². The van der Waals surface area contributed by atoms with E-state index in [0.717, 1.165) is 24.0 Å². The van der Waals surface area contributed by atoms with E-state index in [1.165, 1.54) is 0 Å². The molecule has 5 rings (SSSR count). The number of fused-ring (bicyclic) bond motifs is 1. The number of aromatic nitrogens is 4. The van der Waals surface area contributed by atoms with Crippen LogP contribution in [0.1, 0.15) is 23.4 Å². The molecule has 0 bridgehead atoms. The molecule has 0 unspecified atom stereocenters. The van der Waals surface area contributed by atoms with Gasteiger partial charge in [-0.25, -0.2) is 9.67 Å². The van der Waals surface area contributed by atoms with Gasteiger partial charge in [-0.05, 0) is 24.3 Å². The van der Waals surface area contributed by atoms with E-state index in [0.29, 0.717) is 29.5 Å². The van der Waals surface area contributed by atoms with Gasteiger partial charge in [-0.1, -0.05) is 30.3 Å². The molecular weight excluding hydrogens is 356 g/mol. The lowest BCUT2D eigenvalue weighted by Crippen LogP contribution is -2.24. The van der Waals surface area contributed by atoms with Gasteiger partial charge < -0.3 is 15.5 Å². The first-order valence-corrected chi connectivity index (χ1v) is 9.13. The highest BCUT2D eigenvalue weighted by Gasteiger charge is 2.23. The maximum atomic E-state index is 12.3. The molecule has 4 aromatic rings. The van der Waals surface area contributed by atoms with E-state index in [1.807, 2.05) is 36.5 Å². The number of furan rings is 1. The van der Waals surface area contributed by atoms with Gasteiger partial charge in [0.05, 0.1) is 6.20 Å². The molecule has 8 nitrogen and oxygen atoms in total. The zero-order chi connectivity index (χ0) is 19.1. The summed E-state index contributed by atoms with van der Waals surface area (Å²) in [5.41, 5.74) is 8.79. The molecular formula is C20H18N6O2. The number of carbonyl (C=O) groups excluding carboxylic acids is 1. The molecule has 3 aromatic heterocycles. The minimum atomic E-state index is -0.267. The average molecular weight is 374 g/mol. The van der Waals surface area contributed by atoms with Gasteiger partial charge in [0.15, 0.2) is 17.2 Å². The van der Waals surface area contributed by atoms with Crippen LogP contribution < -0.4 is 11.1 Å². The number of carbonyl (C=O) groups is 1. The Morgan fingerprint density at radius 1 is 1.21 bits per heavy atom. The van der Waals surface area contributed by atoms with Crippen LogP contribution in [0, 0.1) is 5.92 Å². The zero-order valence-corrected chi connectivity index (χ0v) is 15.0. The Hall–Kier alpha value is -3.68. The third kappa shape index (κ3) is 3.09. The number of rotatable bonds is 5. The Bertz CT molecular complexity index is 1160. The summed E-state index contributed by atoms with van der Waals surface area (Å²) in [6, 6.07) is 11.5. The van der Waals surface area contributed by atoms with E-state index in [4.69, 9.17) is 10.2 Å². The lowest BCUT2D eigenvalue weighted by Gasteiger charge is -2.01. The first kappa shape index (κ1) is 16.5. The third-order valence-electron chi connectivity index (χ3n) is 4.75. The van der Waals surface area contributed by atoms with Crippen molar-refractivity contribution in [3.05, 3.63) is 54.6 Å². The fraction of sp³-hybridized carbons (Fsp3) is 0.200. The minimum Gasteiger partial charge on any atom is -0.445 e. The normalized spacial score (nSPS) is 13.7. The number of hydrogen-bond donors (Lipinski definition) is 2. The molecule has 28 heavy (non-hydrogen) atoms. The molecule has 1 fully saturated rings. The fourth-order valence-electron chi connectivity index (χ4n) is 3.01. The summed E-state index contributed by atoms with van der Waals surface area (Å²) in [4.78, 5) is 21.0. The number of nitrogen functional groups attached to an aromatic ring is 1. The van der Waals surface area contributed by atoms with Crippen LogP contribution in [0.15, 0.2) is 53.2 Å². The molecule has 0 saturated heterocycles. The molecule has 0 aliphatic heterocycles. The average Bonchev–Trinajstić information content (AvgIpc) is 3.23. The van der Waals surface area contributed by atoms with Crippen molar-refractivity contribution in [2.45, 2.75) is 12.8 Å². The van der Waals surface area contributed by atoms with Gasteiger partial charge in [0.1, 0.15) is 5.52 Å². The summed E-state index contributed by atoms with van der Waals surface area (Å²) in [5, 5.41) is 7.20. The molecule has 1 aromatic carbocycles. The Kier molecular flexibility index (Phi) is 3.82. The summed E-state index contributed by atoms with van der Waals surface area (Å²) in [6.45, 7) is 0.665. The van der Waals surface area contributed by atoms with Gasteiger partial charge in [-0.3, -0.25) is 4.79 Å². The van der Waals surface area contributed by atoms with Crippen LogP contribution >= 0.6 is 0 Å². The van der Waals surface area contributed by atoms with Crippen molar-refractivity contribution in [3.63, 3.8) is 0 Å². The summed E-state index contributed by atoms with van der Waals surface area (Å²) in [7, 11) is 0. The maximum absolute atomic E-state index is 12.3. The number of anilines is 1. The van der Waals surface area contributed by atoms with Crippen LogP contribution in [0.2, 0.25) is 0 Å². The molecule has 8 heteroatoms. The first-order valence-electron chi connectivity index (χ1n) is 9.13. The van der Waals surface area contributed by atoms with Crippen LogP contribution in [0.25, 0.3) is 28.2 Å². The van der Waals surface area contributed by atoms with Gasteiger partial charge in [0, 0.05) is 24.4 Å². The first-order chi connectivity index (χ1) is 13.7. The Labute approximate surface area is 160 Å². The highest BCUT2D eigenvalue weighted by molar-refractivity contribution is 5.97. The molecule has 1 aliphatic rings. The van der Waals surface area contributed by atoms with Crippen LogP contribution in [0.3, 0.4) is 0 Å². The molecule has 3 heterocycles. The van der Waals surface area contributed by atoms with Crippen LogP contribution in [-0.2, 0) is 0 Å². The second kappa shape index (κ2) is 6.49. The number of nitrogens with two attached hydrogens (primary N) is 1. The number of benzene rings is 1. The van der Waals surface area contributed by atoms with Gasteiger partial charge in [-0.2, -0.15) is 10.1 Å². The Morgan fingerprint density at radius 3 is 2.82 bits per heavy atom. The predicted molar refractivity (Wildman–Crippen MR) is 104 cm³/mol. The smallest absolute Gasteiger partial charge is 0.287 e. The van der Waals surface area contributed by atoms with Crippen molar-refractivity contribution in [1.82, 2.24) is 25.1 Å². The molecule has 0 atom stereocenters. The van der Waals surface area contributed by atoms with E-state index in [-0.39, 0.29) is 17.5 Å². The summed E-state index contributed by atoms with van der Waals surface area (Å²) in [5.74, 6) is 0.981.